The monoisotopic (exact) mass is 499 g/mol. The quantitative estimate of drug-likeness (QED) is 0.392. The summed E-state index contributed by atoms with van der Waals surface area (Å²) in [5, 5.41) is 3.83. The molecule has 0 saturated heterocycles. The molecule has 0 atom stereocenters. The van der Waals surface area contributed by atoms with Gasteiger partial charge in [-0.15, -0.1) is 0 Å². The van der Waals surface area contributed by atoms with Crippen LogP contribution in [0.1, 0.15) is 5.56 Å². The number of thioether (sulfide) groups is 1. The van der Waals surface area contributed by atoms with Gasteiger partial charge in [0.25, 0.3) is 5.56 Å². The zero-order valence-corrected chi connectivity index (χ0v) is 20.3. The molecule has 4 rings (SSSR count). The van der Waals surface area contributed by atoms with Crippen LogP contribution < -0.4 is 21.3 Å². The predicted molar refractivity (Wildman–Crippen MR) is 133 cm³/mol. The molecule has 11 heteroatoms. The first kappa shape index (κ1) is 23.7. The number of amides is 1. The van der Waals surface area contributed by atoms with Crippen LogP contribution in [-0.4, -0.2) is 37.5 Å². The molecule has 0 saturated carbocycles. The van der Waals surface area contributed by atoms with Gasteiger partial charge >= 0.3 is 5.69 Å². The van der Waals surface area contributed by atoms with Gasteiger partial charge in [-0.1, -0.05) is 35.5 Å². The molecule has 1 amide bonds. The van der Waals surface area contributed by atoms with Crippen molar-refractivity contribution in [3.05, 3.63) is 80.0 Å². The highest BCUT2D eigenvalue weighted by molar-refractivity contribution is 7.99. The molecule has 2 aromatic carbocycles. The van der Waals surface area contributed by atoms with Crippen LogP contribution in [0.4, 0.5) is 5.69 Å². The van der Waals surface area contributed by atoms with Gasteiger partial charge < -0.3 is 14.6 Å². The molecule has 0 aliphatic carbocycles. The third-order valence-corrected chi connectivity index (χ3v) is 6.46. The number of nitrogens with zero attached hydrogens (tertiary/aromatic N) is 4. The average Bonchev–Trinajstić information content (AvgIpc) is 3.18. The number of anilines is 1. The zero-order chi connectivity index (χ0) is 24.4. The predicted octanol–water partition coefficient (Wildman–Crippen LogP) is 2.87. The lowest BCUT2D eigenvalue weighted by Crippen LogP contribution is -2.37. The van der Waals surface area contributed by atoms with Crippen LogP contribution in [0.3, 0.4) is 0 Å². The number of imidazole rings is 1. The Kier molecular flexibility index (Phi) is 6.80. The number of aromatic nitrogens is 4. The molecule has 0 spiro atoms. The summed E-state index contributed by atoms with van der Waals surface area (Å²) in [4.78, 5) is 42.5. The highest BCUT2D eigenvalue weighted by Crippen LogP contribution is 2.24. The summed E-state index contributed by atoms with van der Waals surface area (Å²) in [5.74, 6) is 0.506. The first-order valence-electron chi connectivity index (χ1n) is 10.3. The molecule has 1 N–H and O–H groups in total. The van der Waals surface area contributed by atoms with Crippen molar-refractivity contribution in [2.45, 2.75) is 11.7 Å². The fourth-order valence-corrected chi connectivity index (χ4v) is 4.51. The van der Waals surface area contributed by atoms with Gasteiger partial charge in [-0.05, 0) is 42.0 Å². The number of carbonyl (C=O) groups excluding carboxylic acids is 1. The van der Waals surface area contributed by atoms with Crippen molar-refractivity contribution in [1.82, 2.24) is 18.7 Å². The van der Waals surface area contributed by atoms with Gasteiger partial charge in [0.2, 0.25) is 5.91 Å². The number of benzene rings is 2. The minimum Gasteiger partial charge on any atom is -0.497 e. The van der Waals surface area contributed by atoms with Crippen molar-refractivity contribution < 1.29 is 9.53 Å². The summed E-state index contributed by atoms with van der Waals surface area (Å²) in [6.07, 6.45) is 0. The highest BCUT2D eigenvalue weighted by atomic mass is 35.5. The summed E-state index contributed by atoms with van der Waals surface area (Å²) >= 11 is 7.32. The summed E-state index contributed by atoms with van der Waals surface area (Å²) in [5.41, 5.74) is 1.10. The number of carbonyl (C=O) groups is 1. The Bertz CT molecular complexity index is 1490. The van der Waals surface area contributed by atoms with Crippen LogP contribution in [0.5, 0.6) is 5.75 Å². The molecule has 176 valence electrons. The van der Waals surface area contributed by atoms with E-state index in [1.165, 1.54) is 23.4 Å². The van der Waals surface area contributed by atoms with Crippen molar-refractivity contribution in [1.29, 1.82) is 0 Å². The molecule has 0 aliphatic rings. The van der Waals surface area contributed by atoms with Crippen molar-refractivity contribution in [3.8, 4) is 5.75 Å². The van der Waals surface area contributed by atoms with Crippen LogP contribution in [0.15, 0.2) is 63.3 Å². The molecule has 0 unspecified atom stereocenters. The summed E-state index contributed by atoms with van der Waals surface area (Å²) in [6, 6.07) is 14.3. The number of fused-ring (bicyclic) bond motifs is 1. The van der Waals surface area contributed by atoms with E-state index in [9.17, 15) is 14.4 Å². The Morgan fingerprint density at radius 1 is 1.12 bits per heavy atom. The second-order valence-corrected chi connectivity index (χ2v) is 8.93. The molecule has 0 bridgehead atoms. The Hall–Kier alpha value is -3.50. The van der Waals surface area contributed by atoms with E-state index in [-0.39, 0.29) is 22.8 Å². The Morgan fingerprint density at radius 2 is 1.85 bits per heavy atom. The molecule has 2 aromatic heterocycles. The molecule has 0 aliphatic heterocycles. The van der Waals surface area contributed by atoms with Crippen LogP contribution in [0, 0.1) is 0 Å². The lowest BCUT2D eigenvalue weighted by molar-refractivity contribution is -0.113. The third kappa shape index (κ3) is 4.73. The fourth-order valence-electron chi connectivity index (χ4n) is 3.50. The van der Waals surface area contributed by atoms with E-state index in [2.05, 4.69) is 10.3 Å². The van der Waals surface area contributed by atoms with E-state index >= 15 is 0 Å². The van der Waals surface area contributed by atoms with E-state index in [0.29, 0.717) is 28.2 Å². The Balaban J connectivity index is 1.67. The van der Waals surface area contributed by atoms with Gasteiger partial charge in [-0.25, -0.2) is 9.78 Å². The van der Waals surface area contributed by atoms with E-state index in [0.717, 1.165) is 10.1 Å². The number of rotatable bonds is 7. The average molecular weight is 500 g/mol. The molecular formula is C23H22ClN5O4S. The largest absolute Gasteiger partial charge is 0.497 e. The van der Waals surface area contributed by atoms with E-state index in [1.807, 2.05) is 12.1 Å². The van der Waals surface area contributed by atoms with Crippen LogP contribution in [0.25, 0.3) is 11.2 Å². The number of methoxy groups -OCH3 is 1. The molecular weight excluding hydrogens is 478 g/mol. The maximum absolute atomic E-state index is 13.0. The van der Waals surface area contributed by atoms with Gasteiger partial charge in [-0.3, -0.25) is 18.7 Å². The lowest BCUT2D eigenvalue weighted by atomic mass is 10.2. The van der Waals surface area contributed by atoms with Crippen molar-refractivity contribution in [2.24, 2.45) is 14.1 Å². The molecule has 2 heterocycles. The summed E-state index contributed by atoms with van der Waals surface area (Å²) in [7, 11) is 4.56. The van der Waals surface area contributed by atoms with Gasteiger partial charge in [0.05, 0.1) is 19.4 Å². The first-order chi connectivity index (χ1) is 16.3. The number of hydrogen-bond acceptors (Lipinski definition) is 6. The van der Waals surface area contributed by atoms with Crippen LogP contribution in [0.2, 0.25) is 5.02 Å². The molecule has 4 aromatic rings. The summed E-state index contributed by atoms with van der Waals surface area (Å²) in [6.45, 7) is 0.299. The molecule has 0 fully saturated rings. The summed E-state index contributed by atoms with van der Waals surface area (Å²) < 4.78 is 9.21. The van der Waals surface area contributed by atoms with E-state index in [4.69, 9.17) is 16.3 Å². The Morgan fingerprint density at radius 3 is 2.53 bits per heavy atom. The fraction of sp³-hybridized carbons (Fsp3) is 0.217. The van der Waals surface area contributed by atoms with Crippen molar-refractivity contribution in [2.75, 3.05) is 18.2 Å². The third-order valence-electron chi connectivity index (χ3n) is 5.25. The lowest BCUT2D eigenvalue weighted by Gasteiger charge is -2.10. The first-order valence-corrected chi connectivity index (χ1v) is 11.6. The van der Waals surface area contributed by atoms with Gasteiger partial charge in [0, 0.05) is 24.8 Å². The second-order valence-electron chi connectivity index (χ2n) is 7.55. The molecule has 0 radical (unpaired) electrons. The van der Waals surface area contributed by atoms with Crippen molar-refractivity contribution >= 4 is 46.1 Å². The highest BCUT2D eigenvalue weighted by Gasteiger charge is 2.20. The van der Waals surface area contributed by atoms with Crippen LogP contribution in [-0.2, 0) is 25.4 Å². The number of nitrogens with one attached hydrogen (secondary N) is 1. The maximum atomic E-state index is 13.0. The minimum absolute atomic E-state index is 0.0547. The van der Waals surface area contributed by atoms with Gasteiger partial charge in [-0.2, -0.15) is 0 Å². The number of hydrogen-bond donors (Lipinski definition) is 1. The number of halogens is 1. The van der Waals surface area contributed by atoms with E-state index in [1.54, 1.807) is 55.1 Å². The van der Waals surface area contributed by atoms with Gasteiger partial charge in [0.1, 0.15) is 5.75 Å². The normalized spacial score (nSPS) is 11.1. The van der Waals surface area contributed by atoms with Gasteiger partial charge in [0.15, 0.2) is 16.3 Å². The molecule has 9 nitrogen and oxygen atoms in total. The Labute approximate surface area is 203 Å². The SMILES string of the molecule is COc1ccc(NC(=O)CSc2nc3c(c(=O)n(C)c(=O)n3C)n2Cc2cccc(Cl)c2)cc1. The standard InChI is InChI=1S/C23H22ClN5O4S/c1-27-20-19(21(31)28(2)23(27)32)29(12-14-5-4-6-15(24)11-14)22(26-20)34-13-18(30)25-16-7-9-17(33-3)10-8-16/h4-11H,12-13H2,1-3H3,(H,25,30). The van der Waals surface area contributed by atoms with E-state index < -0.39 is 11.2 Å². The molecule has 34 heavy (non-hydrogen) atoms. The maximum Gasteiger partial charge on any atom is 0.332 e. The second kappa shape index (κ2) is 9.78. The number of aryl methyl sites for hydroxylation is 1. The minimum atomic E-state index is -0.473. The van der Waals surface area contributed by atoms with Crippen molar-refractivity contribution in [3.63, 3.8) is 0 Å². The topological polar surface area (TPSA) is 100 Å². The van der Waals surface area contributed by atoms with Crippen LogP contribution >= 0.6 is 23.4 Å². The zero-order valence-electron chi connectivity index (χ0n) is 18.7. The smallest absolute Gasteiger partial charge is 0.332 e. The number of ether oxygens (including phenoxy) is 1.